The third kappa shape index (κ3) is 3.88. The SMILES string of the molecule is Nc1cc(=O)[nH]c(SCC(=O)c2ccc([C@H]3CC3(Cl)Cl)cc2)n1. The summed E-state index contributed by atoms with van der Waals surface area (Å²) in [6, 6.07) is 8.45. The lowest BCUT2D eigenvalue weighted by molar-refractivity contribution is 0.102. The van der Waals surface area contributed by atoms with E-state index in [9.17, 15) is 9.59 Å². The monoisotopic (exact) mass is 369 g/mol. The fraction of sp³-hybridized carbons (Fsp3) is 0.267. The van der Waals surface area contributed by atoms with E-state index >= 15 is 0 Å². The van der Waals surface area contributed by atoms with Crippen LogP contribution in [-0.4, -0.2) is 25.8 Å². The summed E-state index contributed by atoms with van der Waals surface area (Å²) in [4.78, 5) is 30.0. The van der Waals surface area contributed by atoms with Crippen LogP contribution in [0, 0.1) is 0 Å². The summed E-state index contributed by atoms with van der Waals surface area (Å²) in [5.74, 6) is 0.351. The summed E-state index contributed by atoms with van der Waals surface area (Å²) in [6.45, 7) is 0. The normalized spacial score (nSPS) is 18.6. The molecule has 1 saturated carbocycles. The van der Waals surface area contributed by atoms with Crippen LogP contribution in [-0.2, 0) is 0 Å². The first kappa shape index (κ1) is 16.4. The van der Waals surface area contributed by atoms with E-state index in [2.05, 4.69) is 9.97 Å². The number of carbonyl (C=O) groups is 1. The standard InChI is InChI=1S/C15H13Cl2N3O2S/c16-15(17)6-10(15)8-1-3-9(4-2-8)11(21)7-23-14-19-12(18)5-13(22)20-14/h1-5,10H,6-7H2,(H3,18,19,20,22)/t10-/m1/s1. The van der Waals surface area contributed by atoms with Crippen molar-refractivity contribution in [1.29, 1.82) is 0 Å². The van der Waals surface area contributed by atoms with E-state index in [-0.39, 0.29) is 28.8 Å². The zero-order chi connectivity index (χ0) is 16.6. The molecule has 0 radical (unpaired) electrons. The third-order valence-electron chi connectivity index (χ3n) is 3.54. The molecule has 0 bridgehead atoms. The number of benzene rings is 1. The Kier molecular flexibility index (Phi) is 4.40. The van der Waals surface area contributed by atoms with Gasteiger partial charge in [0.05, 0.1) is 5.75 Å². The molecular weight excluding hydrogens is 357 g/mol. The zero-order valence-electron chi connectivity index (χ0n) is 11.9. The van der Waals surface area contributed by atoms with E-state index in [1.54, 1.807) is 12.1 Å². The van der Waals surface area contributed by atoms with Gasteiger partial charge in [0.25, 0.3) is 5.56 Å². The molecule has 5 nitrogen and oxygen atoms in total. The van der Waals surface area contributed by atoms with Gasteiger partial charge in [-0.3, -0.25) is 9.59 Å². The number of nitrogen functional groups attached to an aromatic ring is 1. The fourth-order valence-electron chi connectivity index (χ4n) is 2.22. The summed E-state index contributed by atoms with van der Waals surface area (Å²) < 4.78 is -0.674. The second-order valence-electron chi connectivity index (χ2n) is 5.33. The number of carbonyl (C=O) groups excluding carboxylic acids is 1. The van der Waals surface area contributed by atoms with Crippen molar-refractivity contribution in [3.05, 3.63) is 51.8 Å². The van der Waals surface area contributed by atoms with E-state index < -0.39 is 4.33 Å². The Bertz CT molecular complexity index is 805. The average molecular weight is 370 g/mol. The van der Waals surface area contributed by atoms with Crippen LogP contribution in [0.4, 0.5) is 5.82 Å². The first-order valence-electron chi connectivity index (χ1n) is 6.86. The van der Waals surface area contributed by atoms with E-state index in [4.69, 9.17) is 28.9 Å². The molecule has 1 aliphatic rings. The van der Waals surface area contributed by atoms with E-state index in [1.807, 2.05) is 12.1 Å². The van der Waals surface area contributed by atoms with Gasteiger partial charge in [-0.15, -0.1) is 23.2 Å². The van der Waals surface area contributed by atoms with Crippen LogP contribution in [0.25, 0.3) is 0 Å². The van der Waals surface area contributed by atoms with Gasteiger partial charge in [0.15, 0.2) is 10.9 Å². The fourth-order valence-corrected chi connectivity index (χ4v) is 3.55. The van der Waals surface area contributed by atoms with Crippen molar-refractivity contribution in [2.75, 3.05) is 11.5 Å². The minimum Gasteiger partial charge on any atom is -0.383 e. The van der Waals surface area contributed by atoms with Gasteiger partial charge >= 0.3 is 0 Å². The van der Waals surface area contributed by atoms with Crippen LogP contribution < -0.4 is 11.3 Å². The van der Waals surface area contributed by atoms with E-state index in [0.29, 0.717) is 10.7 Å². The van der Waals surface area contributed by atoms with Gasteiger partial charge in [-0.05, 0) is 12.0 Å². The molecule has 1 aromatic heterocycles. The lowest BCUT2D eigenvalue weighted by Crippen LogP contribution is -2.11. The van der Waals surface area contributed by atoms with Crippen LogP contribution in [0.2, 0.25) is 0 Å². The van der Waals surface area contributed by atoms with Gasteiger partial charge in [-0.25, -0.2) is 4.98 Å². The smallest absolute Gasteiger partial charge is 0.253 e. The zero-order valence-corrected chi connectivity index (χ0v) is 14.2. The average Bonchev–Trinajstić information content (AvgIpc) is 3.13. The Hall–Kier alpha value is -1.50. The molecule has 8 heteroatoms. The minimum absolute atomic E-state index is 0.0644. The number of nitrogens with zero attached hydrogens (tertiary/aromatic N) is 1. The number of alkyl halides is 2. The Balaban J connectivity index is 1.63. The number of halogens is 2. The van der Waals surface area contributed by atoms with Gasteiger partial charge in [-0.1, -0.05) is 36.0 Å². The maximum atomic E-state index is 12.2. The van der Waals surface area contributed by atoms with Crippen molar-refractivity contribution in [3.63, 3.8) is 0 Å². The minimum atomic E-state index is -0.674. The number of aromatic nitrogens is 2. The molecule has 1 fully saturated rings. The number of hydrogen-bond acceptors (Lipinski definition) is 5. The third-order valence-corrected chi connectivity index (χ3v) is 5.25. The Morgan fingerprint density at radius 3 is 2.61 bits per heavy atom. The molecule has 0 saturated heterocycles. The van der Waals surface area contributed by atoms with Crippen molar-refractivity contribution in [2.24, 2.45) is 0 Å². The second kappa shape index (κ2) is 6.19. The summed E-state index contributed by atoms with van der Waals surface area (Å²) in [7, 11) is 0. The number of H-pyrrole nitrogens is 1. The predicted octanol–water partition coefficient (Wildman–Crippen LogP) is 2.99. The molecule has 1 aromatic carbocycles. The number of hydrogen-bond donors (Lipinski definition) is 2. The van der Waals surface area contributed by atoms with Gasteiger partial charge in [0, 0.05) is 17.5 Å². The number of ketones is 1. The number of thioether (sulfide) groups is 1. The first-order chi connectivity index (χ1) is 10.8. The highest BCUT2D eigenvalue weighted by Gasteiger charge is 2.52. The quantitative estimate of drug-likeness (QED) is 0.366. The van der Waals surface area contributed by atoms with Gasteiger partial charge in [0.2, 0.25) is 0 Å². The summed E-state index contributed by atoms with van der Waals surface area (Å²) in [6.07, 6.45) is 0.730. The van der Waals surface area contributed by atoms with E-state index in [1.165, 1.54) is 6.07 Å². The van der Waals surface area contributed by atoms with Crippen LogP contribution in [0.1, 0.15) is 28.3 Å². The molecule has 0 aliphatic heterocycles. The number of rotatable bonds is 5. The molecule has 0 unspecified atom stereocenters. The van der Waals surface area contributed by atoms with Gasteiger partial charge in [-0.2, -0.15) is 0 Å². The molecule has 23 heavy (non-hydrogen) atoms. The Morgan fingerprint density at radius 1 is 1.39 bits per heavy atom. The molecule has 120 valence electrons. The number of nitrogens with two attached hydrogens (primary N) is 1. The maximum Gasteiger partial charge on any atom is 0.253 e. The molecule has 1 heterocycles. The molecular formula is C15H13Cl2N3O2S. The highest BCUT2D eigenvalue weighted by atomic mass is 35.5. The highest BCUT2D eigenvalue weighted by molar-refractivity contribution is 7.99. The Labute approximate surface area is 146 Å². The largest absolute Gasteiger partial charge is 0.383 e. The topological polar surface area (TPSA) is 88.8 Å². The van der Waals surface area contributed by atoms with Crippen LogP contribution in [0.15, 0.2) is 40.3 Å². The molecule has 3 N–H and O–H groups in total. The highest BCUT2D eigenvalue weighted by Crippen LogP contribution is 2.59. The van der Waals surface area contributed by atoms with Crippen molar-refractivity contribution in [2.45, 2.75) is 21.8 Å². The van der Waals surface area contributed by atoms with Crippen molar-refractivity contribution < 1.29 is 4.79 Å². The number of nitrogens with one attached hydrogen (secondary N) is 1. The Morgan fingerprint density at radius 2 is 2.04 bits per heavy atom. The van der Waals surface area contributed by atoms with Crippen molar-refractivity contribution >= 4 is 46.6 Å². The van der Waals surface area contributed by atoms with Crippen molar-refractivity contribution in [1.82, 2.24) is 9.97 Å². The van der Waals surface area contributed by atoms with Gasteiger partial charge in [0.1, 0.15) is 10.2 Å². The van der Waals surface area contributed by atoms with E-state index in [0.717, 1.165) is 23.7 Å². The molecule has 3 rings (SSSR count). The second-order valence-corrected chi connectivity index (χ2v) is 7.83. The summed E-state index contributed by atoms with van der Waals surface area (Å²) in [5.41, 5.74) is 6.77. The number of anilines is 1. The maximum absolute atomic E-state index is 12.2. The number of Topliss-reactive ketones (excluding diaryl/α,β-unsaturated/α-hetero) is 1. The van der Waals surface area contributed by atoms with Crippen molar-refractivity contribution in [3.8, 4) is 0 Å². The molecule has 2 aromatic rings. The number of aromatic amines is 1. The molecule has 1 atom stereocenters. The lowest BCUT2D eigenvalue weighted by atomic mass is 10.1. The first-order valence-corrected chi connectivity index (χ1v) is 8.60. The predicted molar refractivity (Wildman–Crippen MR) is 92.6 cm³/mol. The molecule has 0 amide bonds. The van der Waals surface area contributed by atoms with Gasteiger partial charge < -0.3 is 10.7 Å². The summed E-state index contributed by atoms with van der Waals surface area (Å²) >= 11 is 13.2. The molecule has 1 aliphatic carbocycles. The summed E-state index contributed by atoms with van der Waals surface area (Å²) in [5, 5.41) is 0.326. The van der Waals surface area contributed by atoms with Crippen LogP contribution >= 0.6 is 35.0 Å². The van der Waals surface area contributed by atoms with Crippen LogP contribution in [0.5, 0.6) is 0 Å². The molecule has 0 spiro atoms. The van der Waals surface area contributed by atoms with Crippen LogP contribution in [0.3, 0.4) is 0 Å². The lowest BCUT2D eigenvalue weighted by Gasteiger charge is -2.04.